The predicted molar refractivity (Wildman–Crippen MR) is 92.7 cm³/mol. The largest absolute Gasteiger partial charge is 0.486 e. The quantitative estimate of drug-likeness (QED) is 0.831. The van der Waals surface area contributed by atoms with Crippen molar-refractivity contribution < 1.29 is 27.4 Å². The van der Waals surface area contributed by atoms with Crippen LogP contribution in [0.4, 0.5) is 18.0 Å². The molecule has 2 aromatic rings. The average molecular weight is 380 g/mol. The highest BCUT2D eigenvalue weighted by Gasteiger charge is 2.32. The Hall–Kier alpha value is -2.90. The monoisotopic (exact) mass is 380 g/mol. The van der Waals surface area contributed by atoms with Gasteiger partial charge in [0.05, 0.1) is 5.56 Å². The summed E-state index contributed by atoms with van der Waals surface area (Å²) in [6, 6.07) is 11.9. The standard InChI is InChI=1S/C19H19F3N2O3/c20-19(21,22)15-6-2-1-5-13(15)11-24-18(25)23-10-9-14-12-26-16-7-3-4-8-17(16)27-14/h1-8,14H,9-12H2,(H2,23,24,25). The Labute approximate surface area is 154 Å². The number of alkyl halides is 3. The van der Waals surface area contributed by atoms with E-state index in [1.165, 1.54) is 18.2 Å². The average Bonchev–Trinajstić information content (AvgIpc) is 2.66. The molecule has 0 fully saturated rings. The van der Waals surface area contributed by atoms with Gasteiger partial charge in [0.1, 0.15) is 12.7 Å². The van der Waals surface area contributed by atoms with Crippen LogP contribution >= 0.6 is 0 Å². The van der Waals surface area contributed by atoms with E-state index in [2.05, 4.69) is 10.6 Å². The number of rotatable bonds is 5. The van der Waals surface area contributed by atoms with Crippen LogP contribution in [0.15, 0.2) is 48.5 Å². The summed E-state index contributed by atoms with van der Waals surface area (Å²) in [4.78, 5) is 11.8. The van der Waals surface area contributed by atoms with Gasteiger partial charge >= 0.3 is 12.2 Å². The highest BCUT2D eigenvalue weighted by Crippen LogP contribution is 2.32. The lowest BCUT2D eigenvalue weighted by Gasteiger charge is -2.26. The zero-order valence-electron chi connectivity index (χ0n) is 14.4. The first kappa shape index (κ1) is 18.9. The second-order valence-corrected chi connectivity index (χ2v) is 6.05. The van der Waals surface area contributed by atoms with Gasteiger partial charge in [-0.1, -0.05) is 30.3 Å². The first-order valence-corrected chi connectivity index (χ1v) is 8.49. The number of ether oxygens (including phenoxy) is 2. The molecule has 0 aliphatic carbocycles. The van der Waals surface area contributed by atoms with Crippen molar-refractivity contribution in [1.29, 1.82) is 0 Å². The van der Waals surface area contributed by atoms with Gasteiger partial charge < -0.3 is 20.1 Å². The number of hydrogen-bond donors (Lipinski definition) is 2. The van der Waals surface area contributed by atoms with E-state index in [0.717, 1.165) is 6.07 Å². The molecular weight excluding hydrogens is 361 g/mol. The van der Waals surface area contributed by atoms with Crippen LogP contribution in [0.3, 0.4) is 0 Å². The van der Waals surface area contributed by atoms with Crippen molar-refractivity contribution in [3.05, 3.63) is 59.7 Å². The van der Waals surface area contributed by atoms with E-state index < -0.39 is 17.8 Å². The molecule has 0 radical (unpaired) electrons. The molecule has 1 heterocycles. The molecule has 1 aliphatic rings. The van der Waals surface area contributed by atoms with Crippen molar-refractivity contribution in [1.82, 2.24) is 10.6 Å². The van der Waals surface area contributed by atoms with Crippen LogP contribution in [0, 0.1) is 0 Å². The van der Waals surface area contributed by atoms with Gasteiger partial charge in [0, 0.05) is 19.5 Å². The Kier molecular flexibility index (Phi) is 5.73. The topological polar surface area (TPSA) is 59.6 Å². The maximum atomic E-state index is 12.9. The number of nitrogens with one attached hydrogen (secondary N) is 2. The van der Waals surface area contributed by atoms with E-state index in [4.69, 9.17) is 9.47 Å². The van der Waals surface area contributed by atoms with Gasteiger partial charge in [0.25, 0.3) is 0 Å². The molecule has 8 heteroatoms. The van der Waals surface area contributed by atoms with Gasteiger partial charge in [-0.3, -0.25) is 0 Å². The van der Waals surface area contributed by atoms with E-state index in [1.807, 2.05) is 18.2 Å². The summed E-state index contributed by atoms with van der Waals surface area (Å²) >= 11 is 0. The van der Waals surface area contributed by atoms with Crippen LogP contribution in [-0.2, 0) is 12.7 Å². The van der Waals surface area contributed by atoms with Crippen molar-refractivity contribution in [2.24, 2.45) is 0 Å². The molecular formula is C19H19F3N2O3. The number of urea groups is 1. The van der Waals surface area contributed by atoms with Crippen molar-refractivity contribution in [2.45, 2.75) is 25.2 Å². The molecule has 0 spiro atoms. The van der Waals surface area contributed by atoms with Crippen LogP contribution in [0.2, 0.25) is 0 Å². The second kappa shape index (κ2) is 8.20. The molecule has 2 aromatic carbocycles. The molecule has 0 bridgehead atoms. The molecule has 0 aromatic heterocycles. The number of para-hydroxylation sites is 2. The van der Waals surface area contributed by atoms with Crippen molar-refractivity contribution >= 4 is 6.03 Å². The molecule has 0 saturated heterocycles. The van der Waals surface area contributed by atoms with Gasteiger partial charge in [0.15, 0.2) is 11.5 Å². The molecule has 0 saturated carbocycles. The van der Waals surface area contributed by atoms with Gasteiger partial charge in [0.2, 0.25) is 0 Å². The van der Waals surface area contributed by atoms with Crippen LogP contribution in [0.25, 0.3) is 0 Å². The fourth-order valence-electron chi connectivity index (χ4n) is 2.74. The van der Waals surface area contributed by atoms with Gasteiger partial charge in [-0.25, -0.2) is 4.79 Å². The molecule has 3 rings (SSSR count). The van der Waals surface area contributed by atoms with E-state index in [-0.39, 0.29) is 18.2 Å². The molecule has 1 unspecified atom stereocenters. The van der Waals surface area contributed by atoms with Gasteiger partial charge in [-0.15, -0.1) is 0 Å². The summed E-state index contributed by atoms with van der Waals surface area (Å²) in [5.74, 6) is 1.34. The van der Waals surface area contributed by atoms with E-state index >= 15 is 0 Å². The van der Waals surface area contributed by atoms with Crippen molar-refractivity contribution in [2.75, 3.05) is 13.2 Å². The molecule has 144 valence electrons. The molecule has 1 atom stereocenters. The Bertz CT molecular complexity index is 796. The Balaban J connectivity index is 1.42. The Morgan fingerprint density at radius 3 is 2.52 bits per heavy atom. The van der Waals surface area contributed by atoms with Crippen LogP contribution < -0.4 is 20.1 Å². The molecule has 27 heavy (non-hydrogen) atoms. The fourth-order valence-corrected chi connectivity index (χ4v) is 2.74. The van der Waals surface area contributed by atoms with E-state index in [1.54, 1.807) is 6.07 Å². The number of halogens is 3. The Morgan fingerprint density at radius 1 is 1.04 bits per heavy atom. The van der Waals surface area contributed by atoms with Gasteiger partial charge in [-0.2, -0.15) is 13.2 Å². The maximum absolute atomic E-state index is 12.9. The maximum Gasteiger partial charge on any atom is 0.416 e. The number of hydrogen-bond acceptors (Lipinski definition) is 3. The number of benzene rings is 2. The number of carbonyl (C=O) groups excluding carboxylic acids is 1. The third-order valence-corrected chi connectivity index (χ3v) is 4.08. The number of fused-ring (bicyclic) bond motifs is 1. The summed E-state index contributed by atoms with van der Waals surface area (Å²) in [7, 11) is 0. The highest BCUT2D eigenvalue weighted by molar-refractivity contribution is 5.73. The molecule has 1 aliphatic heterocycles. The smallest absolute Gasteiger partial charge is 0.416 e. The van der Waals surface area contributed by atoms with Crippen LogP contribution in [-0.4, -0.2) is 25.3 Å². The summed E-state index contributed by atoms with van der Waals surface area (Å²) in [5.41, 5.74) is -0.738. The molecule has 2 N–H and O–H groups in total. The summed E-state index contributed by atoms with van der Waals surface area (Å²) in [5, 5.41) is 5.06. The lowest BCUT2D eigenvalue weighted by Crippen LogP contribution is -2.39. The predicted octanol–water partition coefficient (Wildman–Crippen LogP) is 3.73. The third kappa shape index (κ3) is 5.06. The number of amides is 2. The zero-order valence-corrected chi connectivity index (χ0v) is 14.4. The summed E-state index contributed by atoms with van der Waals surface area (Å²) < 4.78 is 50.2. The molecule has 5 nitrogen and oxygen atoms in total. The van der Waals surface area contributed by atoms with Crippen LogP contribution in [0.5, 0.6) is 11.5 Å². The minimum atomic E-state index is -4.45. The van der Waals surface area contributed by atoms with E-state index in [0.29, 0.717) is 31.1 Å². The van der Waals surface area contributed by atoms with Crippen molar-refractivity contribution in [3.63, 3.8) is 0 Å². The summed E-state index contributed by atoms with van der Waals surface area (Å²) in [6.45, 7) is 0.472. The third-order valence-electron chi connectivity index (χ3n) is 4.08. The zero-order chi connectivity index (χ0) is 19.3. The second-order valence-electron chi connectivity index (χ2n) is 6.05. The summed E-state index contributed by atoms with van der Waals surface area (Å²) in [6.07, 6.45) is -4.14. The van der Waals surface area contributed by atoms with Crippen LogP contribution in [0.1, 0.15) is 17.5 Å². The van der Waals surface area contributed by atoms with E-state index in [9.17, 15) is 18.0 Å². The normalized spacial score (nSPS) is 15.9. The fraction of sp³-hybridized carbons (Fsp3) is 0.316. The first-order chi connectivity index (χ1) is 12.9. The molecule has 2 amide bonds. The SMILES string of the molecule is O=C(NCCC1COc2ccccc2O1)NCc1ccccc1C(F)(F)F. The minimum absolute atomic E-state index is 0.0146. The van der Waals surface area contributed by atoms with Crippen molar-refractivity contribution in [3.8, 4) is 11.5 Å². The lowest BCUT2D eigenvalue weighted by atomic mass is 10.1. The lowest BCUT2D eigenvalue weighted by molar-refractivity contribution is -0.138. The highest BCUT2D eigenvalue weighted by atomic mass is 19.4. The Morgan fingerprint density at radius 2 is 1.74 bits per heavy atom. The number of carbonyl (C=O) groups is 1. The first-order valence-electron chi connectivity index (χ1n) is 8.49. The minimum Gasteiger partial charge on any atom is -0.486 e. The van der Waals surface area contributed by atoms with Gasteiger partial charge in [-0.05, 0) is 23.8 Å².